The number of nitrogens with one attached hydrogen (secondary N) is 1. The van der Waals surface area contributed by atoms with Crippen LogP contribution in [0.2, 0.25) is 5.02 Å². The van der Waals surface area contributed by atoms with Crippen LogP contribution >= 0.6 is 11.6 Å². The molecule has 2 fully saturated rings. The maximum absolute atomic E-state index is 12.2. The second-order valence-corrected chi connectivity index (χ2v) is 6.61. The fourth-order valence-electron chi connectivity index (χ4n) is 2.88. The molecular weight excluding hydrogens is 330 g/mol. The van der Waals surface area contributed by atoms with Crippen LogP contribution in [-0.2, 0) is 9.59 Å². The summed E-state index contributed by atoms with van der Waals surface area (Å²) >= 11 is 5.81. The maximum Gasteiger partial charge on any atom is 0.292 e. The minimum Gasteiger partial charge on any atom is -0.340 e. The van der Waals surface area contributed by atoms with Gasteiger partial charge in [0.05, 0.1) is 6.54 Å². The summed E-state index contributed by atoms with van der Waals surface area (Å²) in [6.07, 6.45) is 2.52. The number of carbonyl (C=O) groups is 3. The molecule has 1 saturated heterocycles. The van der Waals surface area contributed by atoms with E-state index in [4.69, 9.17) is 11.6 Å². The highest BCUT2D eigenvalue weighted by atomic mass is 35.5. The van der Waals surface area contributed by atoms with Gasteiger partial charge in [0, 0.05) is 42.8 Å². The summed E-state index contributed by atoms with van der Waals surface area (Å²) in [6, 6.07) is 6.89. The van der Waals surface area contributed by atoms with E-state index in [0.717, 1.165) is 13.1 Å². The molecule has 0 atom stereocenters. The lowest BCUT2D eigenvalue weighted by molar-refractivity contribution is -0.133. The van der Waals surface area contributed by atoms with Gasteiger partial charge in [0.15, 0.2) is 0 Å². The van der Waals surface area contributed by atoms with Crippen LogP contribution in [0.3, 0.4) is 0 Å². The number of hydrogen-bond acceptors (Lipinski definition) is 4. The van der Waals surface area contributed by atoms with E-state index in [9.17, 15) is 14.4 Å². The highest BCUT2D eigenvalue weighted by molar-refractivity contribution is 6.43. The van der Waals surface area contributed by atoms with Gasteiger partial charge in [0.1, 0.15) is 0 Å². The van der Waals surface area contributed by atoms with Crippen LogP contribution in [0.4, 0.5) is 0 Å². The highest BCUT2D eigenvalue weighted by Gasteiger charge is 2.32. The van der Waals surface area contributed by atoms with Crippen molar-refractivity contribution in [3.63, 3.8) is 0 Å². The summed E-state index contributed by atoms with van der Waals surface area (Å²) < 4.78 is 0. The molecule has 0 spiro atoms. The molecule has 128 valence electrons. The zero-order chi connectivity index (χ0) is 17.1. The minimum absolute atomic E-state index is 0.155. The molecule has 1 aliphatic heterocycles. The molecule has 0 radical (unpaired) electrons. The van der Waals surface area contributed by atoms with Crippen molar-refractivity contribution in [3.8, 4) is 0 Å². The number of carbonyl (C=O) groups excluding carboxylic acids is 3. The van der Waals surface area contributed by atoms with Crippen LogP contribution in [0.15, 0.2) is 24.3 Å². The molecule has 0 bridgehead atoms. The summed E-state index contributed by atoms with van der Waals surface area (Å²) in [5.41, 5.74) is 0.213. The van der Waals surface area contributed by atoms with Crippen molar-refractivity contribution < 1.29 is 14.4 Å². The van der Waals surface area contributed by atoms with Gasteiger partial charge in [-0.15, -0.1) is 0 Å². The lowest BCUT2D eigenvalue weighted by Crippen LogP contribution is -2.52. The van der Waals surface area contributed by atoms with Crippen molar-refractivity contribution in [2.45, 2.75) is 18.9 Å². The Kier molecular flexibility index (Phi) is 5.16. The fourth-order valence-corrected chi connectivity index (χ4v) is 3.08. The molecule has 1 saturated carbocycles. The Morgan fingerprint density at radius 2 is 1.83 bits per heavy atom. The number of piperazine rings is 1. The number of ketones is 1. The lowest BCUT2D eigenvalue weighted by Gasteiger charge is -2.34. The van der Waals surface area contributed by atoms with Crippen LogP contribution in [0.25, 0.3) is 0 Å². The topological polar surface area (TPSA) is 69.7 Å². The Morgan fingerprint density at radius 3 is 2.46 bits per heavy atom. The fraction of sp³-hybridized carbons (Fsp3) is 0.471. The van der Waals surface area contributed by atoms with E-state index in [2.05, 4.69) is 10.2 Å². The number of nitrogens with zero attached hydrogens (tertiary/aromatic N) is 2. The quantitative estimate of drug-likeness (QED) is 0.634. The summed E-state index contributed by atoms with van der Waals surface area (Å²) in [5, 5.41) is 2.79. The average molecular weight is 350 g/mol. The van der Waals surface area contributed by atoms with E-state index in [-0.39, 0.29) is 18.0 Å². The molecule has 1 N–H and O–H groups in total. The largest absolute Gasteiger partial charge is 0.340 e. The molecular formula is C17H20ClN3O3. The van der Waals surface area contributed by atoms with Crippen molar-refractivity contribution in [1.82, 2.24) is 15.1 Å². The molecule has 2 amide bonds. The van der Waals surface area contributed by atoms with Crippen LogP contribution in [-0.4, -0.2) is 66.2 Å². The van der Waals surface area contributed by atoms with E-state index in [0.29, 0.717) is 24.2 Å². The summed E-state index contributed by atoms with van der Waals surface area (Å²) in [5.74, 6) is -1.64. The standard InChI is InChI=1S/C17H20ClN3O3/c18-13-3-1-2-12(10-13)16(23)17(24)19-11-15(22)21-8-6-20(7-9-21)14-4-5-14/h1-3,10,14H,4-9,11H2,(H,19,24). The van der Waals surface area contributed by atoms with E-state index in [1.54, 1.807) is 17.0 Å². The van der Waals surface area contributed by atoms with Gasteiger partial charge in [-0.25, -0.2) is 0 Å². The van der Waals surface area contributed by atoms with Crippen LogP contribution in [0, 0.1) is 0 Å². The zero-order valence-electron chi connectivity index (χ0n) is 13.3. The van der Waals surface area contributed by atoms with Gasteiger partial charge in [-0.05, 0) is 25.0 Å². The molecule has 1 aliphatic carbocycles. The number of halogens is 1. The van der Waals surface area contributed by atoms with Gasteiger partial charge in [-0.1, -0.05) is 23.7 Å². The predicted molar refractivity (Wildman–Crippen MR) is 90.0 cm³/mol. The number of hydrogen-bond donors (Lipinski definition) is 1. The van der Waals surface area contributed by atoms with Gasteiger partial charge in [-0.2, -0.15) is 0 Å². The Morgan fingerprint density at radius 1 is 1.12 bits per heavy atom. The number of benzene rings is 1. The lowest BCUT2D eigenvalue weighted by atomic mass is 10.1. The van der Waals surface area contributed by atoms with Crippen molar-refractivity contribution in [1.29, 1.82) is 0 Å². The first kappa shape index (κ1) is 16.9. The van der Waals surface area contributed by atoms with E-state index < -0.39 is 11.7 Å². The molecule has 0 unspecified atom stereocenters. The van der Waals surface area contributed by atoms with Crippen molar-refractivity contribution in [2.24, 2.45) is 0 Å². The zero-order valence-corrected chi connectivity index (χ0v) is 14.1. The normalized spacial score (nSPS) is 18.3. The van der Waals surface area contributed by atoms with E-state index in [1.807, 2.05) is 0 Å². The third-order valence-electron chi connectivity index (χ3n) is 4.42. The highest BCUT2D eigenvalue weighted by Crippen LogP contribution is 2.27. The summed E-state index contributed by atoms with van der Waals surface area (Å²) in [4.78, 5) is 40.2. The third-order valence-corrected chi connectivity index (χ3v) is 4.66. The molecule has 1 aromatic carbocycles. The molecule has 3 rings (SSSR count). The number of amides is 2. The molecule has 1 heterocycles. The van der Waals surface area contributed by atoms with Gasteiger partial charge in [-0.3, -0.25) is 19.3 Å². The number of rotatable bonds is 5. The van der Waals surface area contributed by atoms with E-state index >= 15 is 0 Å². The van der Waals surface area contributed by atoms with Crippen molar-refractivity contribution in [2.75, 3.05) is 32.7 Å². The number of Topliss-reactive ketones (excluding diaryl/α,β-unsaturated/α-hetero) is 1. The van der Waals surface area contributed by atoms with Gasteiger partial charge in [0.25, 0.3) is 5.91 Å². The SMILES string of the molecule is O=C(NCC(=O)N1CCN(C2CC2)CC1)C(=O)c1cccc(Cl)c1. The second kappa shape index (κ2) is 7.32. The van der Waals surface area contributed by atoms with Gasteiger partial charge < -0.3 is 10.2 Å². The molecule has 6 nitrogen and oxygen atoms in total. The molecule has 7 heteroatoms. The van der Waals surface area contributed by atoms with Crippen LogP contribution < -0.4 is 5.32 Å². The maximum atomic E-state index is 12.2. The molecule has 2 aliphatic rings. The first-order chi connectivity index (χ1) is 11.5. The van der Waals surface area contributed by atoms with Crippen molar-refractivity contribution >= 4 is 29.2 Å². The summed E-state index contributed by atoms with van der Waals surface area (Å²) in [7, 11) is 0. The summed E-state index contributed by atoms with van der Waals surface area (Å²) in [6.45, 7) is 2.95. The molecule has 24 heavy (non-hydrogen) atoms. The average Bonchev–Trinajstić information content (AvgIpc) is 3.44. The second-order valence-electron chi connectivity index (χ2n) is 6.17. The Labute approximate surface area is 145 Å². The first-order valence-electron chi connectivity index (χ1n) is 8.14. The predicted octanol–water partition coefficient (Wildman–Crippen LogP) is 0.946. The van der Waals surface area contributed by atoms with Crippen LogP contribution in [0.5, 0.6) is 0 Å². The molecule has 0 aromatic heterocycles. The van der Waals surface area contributed by atoms with Crippen LogP contribution in [0.1, 0.15) is 23.2 Å². The van der Waals surface area contributed by atoms with Crippen molar-refractivity contribution in [3.05, 3.63) is 34.9 Å². The Bertz CT molecular complexity index is 652. The third kappa shape index (κ3) is 4.13. The Balaban J connectivity index is 1.45. The smallest absolute Gasteiger partial charge is 0.292 e. The van der Waals surface area contributed by atoms with Gasteiger partial charge in [0.2, 0.25) is 11.7 Å². The first-order valence-corrected chi connectivity index (χ1v) is 8.52. The Hall–Kier alpha value is -1.92. The van der Waals surface area contributed by atoms with Gasteiger partial charge >= 0.3 is 0 Å². The molecule has 1 aromatic rings. The monoisotopic (exact) mass is 349 g/mol. The minimum atomic E-state index is -0.790. The van der Waals surface area contributed by atoms with E-state index in [1.165, 1.54) is 25.0 Å².